The first-order valence-corrected chi connectivity index (χ1v) is 1.79. The molecule has 1 radical (unpaired) electrons. The summed E-state index contributed by atoms with van der Waals surface area (Å²) in [4.78, 5) is 9.81. The van der Waals surface area contributed by atoms with Gasteiger partial charge in [0.1, 0.15) is 0 Å². The van der Waals surface area contributed by atoms with Gasteiger partial charge in [-0.3, -0.25) is 4.79 Å². The Kier molecular flexibility index (Phi) is 7.96. The molecule has 0 saturated heterocycles. The van der Waals surface area contributed by atoms with Gasteiger partial charge in [0.2, 0.25) is 5.91 Å². The summed E-state index contributed by atoms with van der Waals surface area (Å²) in [6.45, 7) is -0.491. The number of aliphatic hydroxyl groups is 1. The van der Waals surface area contributed by atoms with Crippen molar-refractivity contribution in [1.82, 2.24) is 0 Å². The minimum atomic E-state index is -1.15. The van der Waals surface area contributed by atoms with Crippen LogP contribution in [0.5, 0.6) is 0 Å². The number of amides is 1. The molecule has 0 rings (SSSR count). The zero-order chi connectivity index (χ0) is 5.86. The van der Waals surface area contributed by atoms with E-state index in [4.69, 9.17) is 10.8 Å². The van der Waals surface area contributed by atoms with Gasteiger partial charge in [0.25, 0.3) is 0 Å². The molecule has 0 aromatic rings. The Morgan fingerprint density at radius 1 is 1.88 bits per heavy atom. The second kappa shape index (κ2) is 5.63. The van der Waals surface area contributed by atoms with Crippen LogP contribution in [0.15, 0.2) is 0 Å². The van der Waals surface area contributed by atoms with Crippen molar-refractivity contribution in [2.24, 2.45) is 5.73 Å². The molecule has 8 heavy (non-hydrogen) atoms. The van der Waals surface area contributed by atoms with Crippen molar-refractivity contribution >= 4 is 5.91 Å². The van der Waals surface area contributed by atoms with E-state index in [0.717, 1.165) is 0 Å². The van der Waals surface area contributed by atoms with E-state index in [1.54, 1.807) is 0 Å². The minimum absolute atomic E-state index is 0. The fourth-order valence-corrected chi connectivity index (χ4v) is 0.0900. The molecule has 0 saturated carbocycles. The molecule has 0 aliphatic rings. The molecule has 0 spiro atoms. The summed E-state index contributed by atoms with van der Waals surface area (Å²) in [5.74, 6) is -0.789. The van der Waals surface area contributed by atoms with E-state index in [1.165, 1.54) is 0 Å². The maximum absolute atomic E-state index is 9.81. The first-order valence-electron chi connectivity index (χ1n) is 1.79. The topological polar surface area (TPSA) is 87.1 Å². The number of primary amides is 1. The van der Waals surface area contributed by atoms with E-state index < -0.39 is 18.6 Å². The van der Waals surface area contributed by atoms with Crippen molar-refractivity contribution < 1.29 is 42.6 Å². The molecule has 4 N–H and O–H groups in total. The van der Waals surface area contributed by atoms with Crippen molar-refractivity contribution in [2.45, 2.75) is 6.04 Å². The smallest absolute Gasteiger partial charge is 0.201 e. The fraction of sp³-hybridized carbons (Fsp3) is 0.667. The van der Waals surface area contributed by atoms with Crippen molar-refractivity contribution in [3.05, 3.63) is 5.73 Å². The van der Waals surface area contributed by atoms with E-state index in [0.29, 0.717) is 0 Å². The second-order valence-electron chi connectivity index (χ2n) is 1.14. The number of aliphatic hydroxyl groups excluding tert-OH is 1. The molecule has 0 fully saturated rings. The molecule has 1 atom stereocenters. The standard InChI is InChI=1S/C3H7N2O2.Y/c4-2(1-6)3(5)7;/h2,4,6H,1H2,(H2,5,7);/q-1;/t2-;/m0./s1. The van der Waals surface area contributed by atoms with Crippen LogP contribution in [0.25, 0.3) is 5.73 Å². The third kappa shape index (κ3) is 4.65. The number of carbonyl (C=O) groups excluding carboxylic acids is 1. The summed E-state index contributed by atoms with van der Waals surface area (Å²) in [6, 6.07) is -1.15. The molecule has 1 amide bonds. The Hall–Kier alpha value is 0.494. The van der Waals surface area contributed by atoms with Gasteiger partial charge in [-0.25, -0.2) is 0 Å². The molecule has 0 bridgehead atoms. The SMILES string of the molecule is [NH-][C@@H](CO)C(N)=O.[Y]. The van der Waals surface area contributed by atoms with Crippen LogP contribution in [-0.2, 0) is 37.5 Å². The van der Waals surface area contributed by atoms with Gasteiger partial charge >= 0.3 is 0 Å². The molecule has 0 aliphatic heterocycles. The fourth-order valence-electron chi connectivity index (χ4n) is 0.0900. The van der Waals surface area contributed by atoms with Crippen molar-refractivity contribution in [3.63, 3.8) is 0 Å². The summed E-state index contributed by atoms with van der Waals surface area (Å²) in [7, 11) is 0. The molecule has 0 heterocycles. The number of hydrogen-bond acceptors (Lipinski definition) is 2. The Labute approximate surface area is 72.5 Å². The van der Waals surface area contributed by atoms with Gasteiger partial charge in [0.15, 0.2) is 0 Å². The molecule has 0 unspecified atom stereocenters. The summed E-state index contributed by atoms with van der Waals surface area (Å²) in [6.07, 6.45) is 0. The minimum Gasteiger partial charge on any atom is -0.665 e. The Morgan fingerprint density at radius 2 is 2.25 bits per heavy atom. The largest absolute Gasteiger partial charge is 0.665 e. The van der Waals surface area contributed by atoms with Crippen LogP contribution in [0.2, 0.25) is 0 Å². The van der Waals surface area contributed by atoms with E-state index in [2.05, 4.69) is 5.73 Å². The van der Waals surface area contributed by atoms with E-state index in [1.807, 2.05) is 0 Å². The van der Waals surface area contributed by atoms with Gasteiger partial charge < -0.3 is 16.6 Å². The zero-order valence-electron chi connectivity index (χ0n) is 4.29. The third-order valence-corrected chi connectivity index (χ3v) is 0.526. The Bertz CT molecular complexity index is 77.7. The van der Waals surface area contributed by atoms with Gasteiger partial charge in [0.05, 0.1) is 0 Å². The van der Waals surface area contributed by atoms with Crippen LogP contribution >= 0.6 is 0 Å². The van der Waals surface area contributed by atoms with Crippen molar-refractivity contribution in [1.29, 1.82) is 0 Å². The van der Waals surface area contributed by atoms with Crippen LogP contribution < -0.4 is 5.73 Å². The molecule has 0 aromatic heterocycles. The quantitative estimate of drug-likeness (QED) is 0.580. The molecule has 0 aliphatic carbocycles. The summed E-state index contributed by atoms with van der Waals surface area (Å²) in [5, 5.41) is 8.02. The molecule has 4 nitrogen and oxygen atoms in total. The number of carbonyl (C=O) groups is 1. The van der Waals surface area contributed by atoms with Crippen molar-refractivity contribution in [3.8, 4) is 0 Å². The van der Waals surface area contributed by atoms with Gasteiger partial charge in [-0.1, -0.05) is 0 Å². The Morgan fingerprint density at radius 3 is 2.25 bits per heavy atom. The van der Waals surface area contributed by atoms with E-state index in [-0.39, 0.29) is 32.7 Å². The third-order valence-electron chi connectivity index (χ3n) is 0.526. The second-order valence-corrected chi connectivity index (χ2v) is 1.14. The first-order chi connectivity index (χ1) is 3.18. The molecular weight excluding hydrogens is 185 g/mol. The molecule has 45 valence electrons. The van der Waals surface area contributed by atoms with Crippen molar-refractivity contribution in [2.75, 3.05) is 6.61 Å². The molecule has 0 aromatic carbocycles. The number of nitrogens with two attached hydrogens (primary N) is 1. The predicted molar refractivity (Wildman–Crippen MR) is 24.4 cm³/mol. The predicted octanol–water partition coefficient (Wildman–Crippen LogP) is -1.12. The van der Waals surface area contributed by atoms with E-state index in [9.17, 15) is 4.79 Å². The van der Waals surface area contributed by atoms with Gasteiger partial charge in [-0.15, -0.1) is 0 Å². The average molecular weight is 192 g/mol. The zero-order valence-corrected chi connectivity index (χ0v) is 7.13. The average Bonchev–Trinajstić information content (AvgIpc) is 1.65. The van der Waals surface area contributed by atoms with Crippen LogP contribution in [0.1, 0.15) is 0 Å². The summed E-state index contributed by atoms with van der Waals surface area (Å²) < 4.78 is 0. The Balaban J connectivity index is 0. The number of hydrogen-bond donors (Lipinski definition) is 2. The monoisotopic (exact) mass is 192 g/mol. The number of nitrogens with one attached hydrogen (secondary N) is 1. The maximum atomic E-state index is 9.81. The summed E-state index contributed by atoms with van der Waals surface area (Å²) >= 11 is 0. The maximum Gasteiger partial charge on any atom is 0.201 e. The van der Waals surface area contributed by atoms with Crippen LogP contribution in [0.3, 0.4) is 0 Å². The van der Waals surface area contributed by atoms with Gasteiger partial charge in [0, 0.05) is 39.3 Å². The van der Waals surface area contributed by atoms with E-state index >= 15 is 0 Å². The van der Waals surface area contributed by atoms with Crippen LogP contribution in [0, 0.1) is 0 Å². The van der Waals surface area contributed by atoms with Crippen LogP contribution in [-0.4, -0.2) is 23.7 Å². The normalized spacial score (nSPS) is 11.8. The molecular formula is C3H7N2O2Y-. The first kappa shape index (κ1) is 11.3. The van der Waals surface area contributed by atoms with Gasteiger partial charge in [-0.05, 0) is 6.04 Å². The number of rotatable bonds is 2. The summed E-state index contributed by atoms with van der Waals surface area (Å²) in [5.41, 5.74) is 11.1. The molecule has 5 heteroatoms. The van der Waals surface area contributed by atoms with Crippen LogP contribution in [0.4, 0.5) is 0 Å². The van der Waals surface area contributed by atoms with Gasteiger partial charge in [-0.2, -0.15) is 0 Å².